The maximum absolute atomic E-state index is 3.57. The van der Waals surface area contributed by atoms with Gasteiger partial charge in [-0.3, -0.25) is 0 Å². The summed E-state index contributed by atoms with van der Waals surface area (Å²) in [5.41, 5.74) is 2.72. The van der Waals surface area contributed by atoms with Crippen LogP contribution in [0.2, 0.25) is 0 Å². The van der Waals surface area contributed by atoms with E-state index in [1.165, 1.54) is 43.6 Å². The van der Waals surface area contributed by atoms with Crippen molar-refractivity contribution < 1.29 is 0 Å². The first-order valence-corrected chi connectivity index (χ1v) is 7.22. The van der Waals surface area contributed by atoms with E-state index < -0.39 is 0 Å². The molecule has 0 saturated carbocycles. The standard InChI is InChI=1S/C16H26N2/c1-14-5-7-16(8-6-14)12-17-11-15(2)13-18-9-3-4-10-18/h5-8,15,17H,3-4,9-13H2,1-2H3. The maximum Gasteiger partial charge on any atom is 0.0205 e. The summed E-state index contributed by atoms with van der Waals surface area (Å²) in [6, 6.07) is 8.80. The van der Waals surface area contributed by atoms with E-state index in [-0.39, 0.29) is 0 Å². The Bertz CT molecular complexity index is 339. The van der Waals surface area contributed by atoms with E-state index in [1.54, 1.807) is 0 Å². The van der Waals surface area contributed by atoms with Gasteiger partial charge in [0.2, 0.25) is 0 Å². The number of rotatable bonds is 6. The Hall–Kier alpha value is -0.860. The number of nitrogens with one attached hydrogen (secondary N) is 1. The van der Waals surface area contributed by atoms with Crippen molar-refractivity contribution in [2.75, 3.05) is 26.2 Å². The van der Waals surface area contributed by atoms with E-state index in [0.29, 0.717) is 0 Å². The topological polar surface area (TPSA) is 15.3 Å². The average Bonchev–Trinajstić information content (AvgIpc) is 2.84. The zero-order chi connectivity index (χ0) is 12.8. The van der Waals surface area contributed by atoms with Crippen molar-refractivity contribution in [1.82, 2.24) is 10.2 Å². The minimum atomic E-state index is 0.744. The monoisotopic (exact) mass is 246 g/mol. The second-order valence-electron chi connectivity index (χ2n) is 5.73. The fourth-order valence-electron chi connectivity index (χ4n) is 2.64. The molecule has 1 fully saturated rings. The van der Waals surface area contributed by atoms with Gasteiger partial charge in [0.05, 0.1) is 0 Å². The number of likely N-dealkylation sites (tertiary alicyclic amines) is 1. The molecule has 0 radical (unpaired) electrons. The Morgan fingerprint density at radius 1 is 1.17 bits per heavy atom. The van der Waals surface area contributed by atoms with Crippen LogP contribution in [0.25, 0.3) is 0 Å². The third-order valence-electron chi connectivity index (χ3n) is 3.71. The fraction of sp³-hybridized carbons (Fsp3) is 0.625. The van der Waals surface area contributed by atoms with Crippen LogP contribution in [0.15, 0.2) is 24.3 Å². The van der Waals surface area contributed by atoms with Crippen molar-refractivity contribution in [3.63, 3.8) is 0 Å². The summed E-state index contributed by atoms with van der Waals surface area (Å²) in [4.78, 5) is 2.60. The molecule has 0 amide bonds. The summed E-state index contributed by atoms with van der Waals surface area (Å²) in [7, 11) is 0. The molecule has 1 aromatic carbocycles. The smallest absolute Gasteiger partial charge is 0.0205 e. The molecule has 1 unspecified atom stereocenters. The molecule has 1 heterocycles. The second kappa shape index (κ2) is 6.91. The van der Waals surface area contributed by atoms with Gasteiger partial charge in [0.25, 0.3) is 0 Å². The van der Waals surface area contributed by atoms with E-state index in [2.05, 4.69) is 48.3 Å². The molecule has 1 aliphatic rings. The lowest BCUT2D eigenvalue weighted by molar-refractivity contribution is 0.282. The molecule has 2 nitrogen and oxygen atoms in total. The SMILES string of the molecule is Cc1ccc(CNCC(C)CN2CCCC2)cc1. The Labute approximate surface area is 111 Å². The number of nitrogens with zero attached hydrogens (tertiary/aromatic N) is 1. The lowest BCUT2D eigenvalue weighted by atomic mass is 10.1. The van der Waals surface area contributed by atoms with Gasteiger partial charge in [-0.15, -0.1) is 0 Å². The van der Waals surface area contributed by atoms with Crippen molar-refractivity contribution in [3.05, 3.63) is 35.4 Å². The Kier molecular flexibility index (Phi) is 5.21. The number of hydrogen-bond donors (Lipinski definition) is 1. The molecule has 1 aromatic rings. The second-order valence-corrected chi connectivity index (χ2v) is 5.73. The molecular formula is C16H26N2. The molecule has 2 heteroatoms. The van der Waals surface area contributed by atoms with Gasteiger partial charge in [0.15, 0.2) is 0 Å². The zero-order valence-electron chi connectivity index (χ0n) is 11.8. The molecule has 0 aromatic heterocycles. The maximum atomic E-state index is 3.57. The summed E-state index contributed by atoms with van der Waals surface area (Å²) in [6.07, 6.45) is 2.78. The minimum Gasteiger partial charge on any atom is -0.312 e. The van der Waals surface area contributed by atoms with E-state index >= 15 is 0 Å². The summed E-state index contributed by atoms with van der Waals surface area (Å²) in [5.74, 6) is 0.744. The average molecular weight is 246 g/mol. The number of benzene rings is 1. The van der Waals surface area contributed by atoms with Gasteiger partial charge in [-0.05, 0) is 50.9 Å². The highest BCUT2D eigenvalue weighted by atomic mass is 15.1. The molecule has 1 aliphatic heterocycles. The van der Waals surface area contributed by atoms with E-state index in [9.17, 15) is 0 Å². The lowest BCUT2D eigenvalue weighted by Crippen LogP contribution is -2.31. The van der Waals surface area contributed by atoms with Crippen LogP contribution in [0, 0.1) is 12.8 Å². The van der Waals surface area contributed by atoms with Crippen LogP contribution in [0.3, 0.4) is 0 Å². The highest BCUT2D eigenvalue weighted by Gasteiger charge is 2.14. The summed E-state index contributed by atoms with van der Waals surface area (Å²) >= 11 is 0. The van der Waals surface area contributed by atoms with E-state index in [0.717, 1.165) is 19.0 Å². The molecule has 1 saturated heterocycles. The van der Waals surface area contributed by atoms with E-state index in [4.69, 9.17) is 0 Å². The summed E-state index contributed by atoms with van der Waals surface area (Å²) in [5, 5.41) is 3.57. The zero-order valence-corrected chi connectivity index (χ0v) is 11.8. The van der Waals surface area contributed by atoms with Crippen LogP contribution < -0.4 is 5.32 Å². The first-order chi connectivity index (χ1) is 8.74. The predicted octanol–water partition coefficient (Wildman–Crippen LogP) is 2.82. The molecule has 0 spiro atoms. The van der Waals surface area contributed by atoms with Crippen LogP contribution in [-0.2, 0) is 6.54 Å². The van der Waals surface area contributed by atoms with Gasteiger partial charge in [-0.25, -0.2) is 0 Å². The van der Waals surface area contributed by atoms with Crippen LogP contribution in [-0.4, -0.2) is 31.1 Å². The normalized spacial score (nSPS) is 18.1. The van der Waals surface area contributed by atoms with Crippen molar-refractivity contribution in [2.24, 2.45) is 5.92 Å². The fourth-order valence-corrected chi connectivity index (χ4v) is 2.64. The van der Waals surface area contributed by atoms with Gasteiger partial charge in [-0.1, -0.05) is 36.8 Å². The van der Waals surface area contributed by atoms with Gasteiger partial charge in [-0.2, -0.15) is 0 Å². The van der Waals surface area contributed by atoms with Crippen LogP contribution >= 0.6 is 0 Å². The Morgan fingerprint density at radius 3 is 2.50 bits per heavy atom. The molecule has 1 N–H and O–H groups in total. The summed E-state index contributed by atoms with van der Waals surface area (Å²) < 4.78 is 0. The first-order valence-electron chi connectivity index (χ1n) is 7.22. The van der Waals surface area contributed by atoms with Crippen molar-refractivity contribution in [2.45, 2.75) is 33.2 Å². The lowest BCUT2D eigenvalue weighted by Gasteiger charge is -2.20. The van der Waals surface area contributed by atoms with Crippen molar-refractivity contribution in [3.8, 4) is 0 Å². The predicted molar refractivity (Wildman–Crippen MR) is 77.7 cm³/mol. The molecule has 0 aliphatic carbocycles. The summed E-state index contributed by atoms with van der Waals surface area (Å²) in [6.45, 7) is 10.5. The van der Waals surface area contributed by atoms with Gasteiger partial charge in [0.1, 0.15) is 0 Å². The third-order valence-corrected chi connectivity index (χ3v) is 3.71. The Balaban J connectivity index is 1.63. The molecule has 100 valence electrons. The molecule has 18 heavy (non-hydrogen) atoms. The van der Waals surface area contributed by atoms with Crippen molar-refractivity contribution in [1.29, 1.82) is 0 Å². The Morgan fingerprint density at radius 2 is 1.83 bits per heavy atom. The number of aryl methyl sites for hydroxylation is 1. The highest BCUT2D eigenvalue weighted by molar-refractivity contribution is 5.21. The molecule has 0 bridgehead atoms. The van der Waals surface area contributed by atoms with Gasteiger partial charge >= 0.3 is 0 Å². The van der Waals surface area contributed by atoms with Crippen LogP contribution in [0.4, 0.5) is 0 Å². The highest BCUT2D eigenvalue weighted by Crippen LogP contribution is 2.10. The van der Waals surface area contributed by atoms with Crippen LogP contribution in [0.5, 0.6) is 0 Å². The number of hydrogen-bond acceptors (Lipinski definition) is 2. The van der Waals surface area contributed by atoms with Gasteiger partial charge < -0.3 is 10.2 Å². The molecule has 1 atom stereocenters. The van der Waals surface area contributed by atoms with Crippen LogP contribution in [0.1, 0.15) is 30.9 Å². The van der Waals surface area contributed by atoms with Gasteiger partial charge in [0, 0.05) is 13.1 Å². The van der Waals surface area contributed by atoms with E-state index in [1.807, 2.05) is 0 Å². The largest absolute Gasteiger partial charge is 0.312 e. The first kappa shape index (κ1) is 13.6. The van der Waals surface area contributed by atoms with Crippen molar-refractivity contribution >= 4 is 0 Å². The molecular weight excluding hydrogens is 220 g/mol. The third kappa shape index (κ3) is 4.43. The minimum absolute atomic E-state index is 0.744. The quantitative estimate of drug-likeness (QED) is 0.830. The molecule has 2 rings (SSSR count).